The highest BCUT2D eigenvalue weighted by Gasteiger charge is 1.67. The van der Waals surface area contributed by atoms with Gasteiger partial charge in [0.25, 0.3) is 0 Å². The third kappa shape index (κ3) is 3.34. The SMILES string of the molecule is CN(C)/C=C\O. The molecule has 0 rings (SSSR count). The Morgan fingerprint density at radius 1 is 1.50 bits per heavy atom. The third-order valence-electron chi connectivity index (χ3n) is 0.365. The fourth-order valence-corrected chi connectivity index (χ4v) is 0.133. The molecular formula is C4H9NO. The van der Waals surface area contributed by atoms with Crippen LogP contribution in [0.25, 0.3) is 0 Å². The molecule has 1 N–H and O–H groups in total. The van der Waals surface area contributed by atoms with Crippen molar-refractivity contribution in [1.29, 1.82) is 0 Å². The number of hydrogen-bond donors (Lipinski definition) is 1. The lowest BCUT2D eigenvalue weighted by atomic mass is 10.8. The Morgan fingerprint density at radius 2 is 2.00 bits per heavy atom. The second kappa shape index (κ2) is 2.57. The molecule has 0 spiro atoms. The van der Waals surface area contributed by atoms with Gasteiger partial charge in [0.2, 0.25) is 0 Å². The van der Waals surface area contributed by atoms with Crippen LogP contribution in [-0.2, 0) is 0 Å². The molecule has 0 bridgehead atoms. The molecule has 0 aromatic heterocycles. The molecule has 0 radical (unpaired) electrons. The van der Waals surface area contributed by atoms with E-state index in [1.165, 1.54) is 0 Å². The molecule has 0 atom stereocenters. The maximum atomic E-state index is 8.01. The molecule has 0 amide bonds. The topological polar surface area (TPSA) is 23.5 Å². The maximum absolute atomic E-state index is 8.01. The first-order chi connectivity index (χ1) is 2.77. The molecule has 36 valence electrons. The van der Waals surface area contributed by atoms with Crippen LogP contribution < -0.4 is 0 Å². The summed E-state index contributed by atoms with van der Waals surface area (Å²) in [7, 11) is 3.68. The van der Waals surface area contributed by atoms with Crippen LogP contribution in [0.1, 0.15) is 0 Å². The van der Waals surface area contributed by atoms with Gasteiger partial charge in [-0.2, -0.15) is 0 Å². The van der Waals surface area contributed by atoms with Gasteiger partial charge in [-0.3, -0.25) is 0 Å². The van der Waals surface area contributed by atoms with Crippen LogP contribution in [0, 0.1) is 0 Å². The number of hydrogen-bond acceptors (Lipinski definition) is 2. The quantitative estimate of drug-likeness (QED) is 0.473. The van der Waals surface area contributed by atoms with Crippen molar-refractivity contribution in [2.45, 2.75) is 0 Å². The monoisotopic (exact) mass is 87.1 g/mol. The second-order valence-corrected chi connectivity index (χ2v) is 1.26. The third-order valence-corrected chi connectivity index (χ3v) is 0.365. The Hall–Kier alpha value is -0.660. The van der Waals surface area contributed by atoms with Crippen molar-refractivity contribution in [3.63, 3.8) is 0 Å². The molecule has 0 fully saturated rings. The lowest BCUT2D eigenvalue weighted by Gasteiger charge is -1.99. The predicted molar refractivity (Wildman–Crippen MR) is 25.5 cm³/mol. The van der Waals surface area contributed by atoms with Crippen LogP contribution in [-0.4, -0.2) is 24.1 Å². The zero-order valence-corrected chi connectivity index (χ0v) is 4.05. The van der Waals surface area contributed by atoms with Gasteiger partial charge in [0.1, 0.15) is 0 Å². The molecule has 0 saturated carbocycles. The number of nitrogens with zero attached hydrogens (tertiary/aromatic N) is 1. The van der Waals surface area contributed by atoms with E-state index in [4.69, 9.17) is 5.11 Å². The van der Waals surface area contributed by atoms with Crippen molar-refractivity contribution in [3.05, 3.63) is 12.5 Å². The largest absolute Gasteiger partial charge is 0.514 e. The molecule has 0 aromatic carbocycles. The van der Waals surface area contributed by atoms with Crippen molar-refractivity contribution >= 4 is 0 Å². The van der Waals surface area contributed by atoms with Crippen LogP contribution in [0.2, 0.25) is 0 Å². The average molecular weight is 87.1 g/mol. The first-order valence-corrected chi connectivity index (χ1v) is 1.74. The van der Waals surface area contributed by atoms with E-state index in [-0.39, 0.29) is 0 Å². The van der Waals surface area contributed by atoms with E-state index in [1.54, 1.807) is 11.1 Å². The summed E-state index contributed by atoms with van der Waals surface area (Å²) in [4.78, 5) is 1.75. The molecule has 0 unspecified atom stereocenters. The van der Waals surface area contributed by atoms with Crippen LogP contribution in [0.4, 0.5) is 0 Å². The molecule has 0 saturated heterocycles. The van der Waals surface area contributed by atoms with E-state index in [1.807, 2.05) is 14.1 Å². The fourth-order valence-electron chi connectivity index (χ4n) is 0.133. The Labute approximate surface area is 37.7 Å². The smallest absolute Gasteiger partial charge is 0.0950 e. The molecule has 6 heavy (non-hydrogen) atoms. The van der Waals surface area contributed by atoms with Crippen molar-refractivity contribution in [2.24, 2.45) is 0 Å². The summed E-state index contributed by atoms with van der Waals surface area (Å²) in [5.74, 6) is 0. The van der Waals surface area contributed by atoms with E-state index < -0.39 is 0 Å². The summed E-state index contributed by atoms with van der Waals surface area (Å²) >= 11 is 0. The first kappa shape index (κ1) is 5.34. The summed E-state index contributed by atoms with van der Waals surface area (Å²) in [6, 6.07) is 0. The molecule has 2 nitrogen and oxygen atoms in total. The average Bonchev–Trinajstić information content (AvgIpc) is 1.35. The Balaban J connectivity index is 3.03. The highest BCUT2D eigenvalue weighted by molar-refractivity contribution is 4.65. The minimum atomic E-state index is 1.00. The van der Waals surface area contributed by atoms with Crippen LogP contribution in [0.3, 0.4) is 0 Å². The molecular weight excluding hydrogens is 78.0 g/mol. The maximum Gasteiger partial charge on any atom is 0.0950 e. The van der Waals surface area contributed by atoms with E-state index in [2.05, 4.69) is 0 Å². The number of rotatable bonds is 1. The van der Waals surface area contributed by atoms with Gasteiger partial charge in [0.05, 0.1) is 6.26 Å². The summed E-state index contributed by atoms with van der Waals surface area (Å²) in [5.41, 5.74) is 0. The summed E-state index contributed by atoms with van der Waals surface area (Å²) in [5, 5.41) is 8.01. The zero-order valence-electron chi connectivity index (χ0n) is 4.05. The van der Waals surface area contributed by atoms with Gasteiger partial charge in [0, 0.05) is 20.3 Å². The summed E-state index contributed by atoms with van der Waals surface area (Å²) in [6.07, 6.45) is 2.56. The van der Waals surface area contributed by atoms with Crippen LogP contribution >= 0.6 is 0 Å². The van der Waals surface area contributed by atoms with Gasteiger partial charge in [-0.25, -0.2) is 0 Å². The summed E-state index contributed by atoms with van der Waals surface area (Å²) in [6.45, 7) is 0. The molecule has 0 aliphatic heterocycles. The highest BCUT2D eigenvalue weighted by Crippen LogP contribution is 1.69. The lowest BCUT2D eigenvalue weighted by Crippen LogP contribution is -1.99. The van der Waals surface area contributed by atoms with Crippen molar-refractivity contribution in [1.82, 2.24) is 4.90 Å². The van der Waals surface area contributed by atoms with E-state index >= 15 is 0 Å². The standard InChI is InChI=1S/C4H9NO/c1-5(2)3-4-6/h3-4,6H,1-2H3/b4-3-. The van der Waals surface area contributed by atoms with Gasteiger partial charge in [0.15, 0.2) is 0 Å². The number of aliphatic hydroxyl groups excluding tert-OH is 1. The van der Waals surface area contributed by atoms with E-state index in [9.17, 15) is 0 Å². The molecule has 0 aliphatic carbocycles. The molecule has 0 aliphatic rings. The molecule has 2 heteroatoms. The second-order valence-electron chi connectivity index (χ2n) is 1.26. The lowest BCUT2D eigenvalue weighted by molar-refractivity contribution is 0.446. The van der Waals surface area contributed by atoms with E-state index in [0.29, 0.717) is 0 Å². The molecule has 0 heterocycles. The van der Waals surface area contributed by atoms with Gasteiger partial charge in [-0.15, -0.1) is 0 Å². The predicted octanol–water partition coefficient (Wildman–Crippen LogP) is 0.577. The normalized spacial score (nSPS) is 9.67. The van der Waals surface area contributed by atoms with Gasteiger partial charge >= 0.3 is 0 Å². The van der Waals surface area contributed by atoms with Crippen LogP contribution in [0.15, 0.2) is 12.5 Å². The van der Waals surface area contributed by atoms with Crippen molar-refractivity contribution in [3.8, 4) is 0 Å². The molecule has 0 aromatic rings. The van der Waals surface area contributed by atoms with Gasteiger partial charge in [-0.1, -0.05) is 0 Å². The minimum absolute atomic E-state index is 1.00. The van der Waals surface area contributed by atoms with Crippen molar-refractivity contribution in [2.75, 3.05) is 14.1 Å². The Morgan fingerprint density at radius 3 is 2.00 bits per heavy atom. The van der Waals surface area contributed by atoms with Crippen LogP contribution in [0.5, 0.6) is 0 Å². The van der Waals surface area contributed by atoms with Gasteiger partial charge < -0.3 is 10.0 Å². The Bertz CT molecular complexity index is 49.5. The Kier molecular flexibility index (Phi) is 2.29. The highest BCUT2D eigenvalue weighted by atomic mass is 16.2. The van der Waals surface area contributed by atoms with Crippen molar-refractivity contribution < 1.29 is 5.11 Å². The fraction of sp³-hybridized carbons (Fsp3) is 0.500. The first-order valence-electron chi connectivity index (χ1n) is 1.74. The van der Waals surface area contributed by atoms with Gasteiger partial charge in [-0.05, 0) is 0 Å². The summed E-state index contributed by atoms with van der Waals surface area (Å²) < 4.78 is 0. The minimum Gasteiger partial charge on any atom is -0.514 e. The zero-order chi connectivity index (χ0) is 4.99. The van der Waals surface area contributed by atoms with E-state index in [0.717, 1.165) is 6.26 Å². The number of aliphatic hydroxyl groups is 1.